The number of aromatic nitrogens is 5. The van der Waals surface area contributed by atoms with E-state index < -0.39 is 5.97 Å². The van der Waals surface area contributed by atoms with Crippen molar-refractivity contribution in [1.82, 2.24) is 24.7 Å². The number of nitrogens with one attached hydrogen (secondary N) is 1. The number of benzene rings is 1. The van der Waals surface area contributed by atoms with Crippen molar-refractivity contribution in [2.24, 2.45) is 7.05 Å². The van der Waals surface area contributed by atoms with Gasteiger partial charge in [0.25, 0.3) is 0 Å². The molecule has 1 aromatic carbocycles. The molecule has 3 aromatic rings. The van der Waals surface area contributed by atoms with Gasteiger partial charge in [0, 0.05) is 30.1 Å². The van der Waals surface area contributed by atoms with Crippen molar-refractivity contribution < 1.29 is 9.53 Å². The maximum atomic E-state index is 12.1. The topological polar surface area (TPSA) is 121 Å². The van der Waals surface area contributed by atoms with Crippen LogP contribution in [-0.4, -0.2) is 30.7 Å². The van der Waals surface area contributed by atoms with E-state index in [9.17, 15) is 4.79 Å². The summed E-state index contributed by atoms with van der Waals surface area (Å²) >= 11 is 0. The van der Waals surface area contributed by atoms with Crippen LogP contribution in [0.5, 0.6) is 0 Å². The number of esters is 1. The minimum Gasteiger partial charge on any atom is -0.454 e. The van der Waals surface area contributed by atoms with Crippen LogP contribution in [0.15, 0.2) is 30.3 Å². The van der Waals surface area contributed by atoms with Gasteiger partial charge < -0.3 is 15.8 Å². The van der Waals surface area contributed by atoms with Gasteiger partial charge in [-0.1, -0.05) is 25.1 Å². The van der Waals surface area contributed by atoms with E-state index in [-0.39, 0.29) is 18.4 Å². The minimum absolute atomic E-state index is 0.0460. The zero-order chi connectivity index (χ0) is 21.7. The van der Waals surface area contributed by atoms with Crippen LogP contribution in [0.25, 0.3) is 6.08 Å². The van der Waals surface area contributed by atoms with Gasteiger partial charge in [-0.25, -0.2) is 4.79 Å². The molecule has 0 spiro atoms. The number of hydrogen-bond acceptors (Lipinski definition) is 8. The van der Waals surface area contributed by atoms with Crippen LogP contribution < -0.4 is 11.1 Å². The van der Waals surface area contributed by atoms with E-state index in [0.717, 1.165) is 34.6 Å². The van der Waals surface area contributed by atoms with Crippen LogP contribution in [0.3, 0.4) is 0 Å². The summed E-state index contributed by atoms with van der Waals surface area (Å²) in [6.45, 7) is 5.76. The number of rotatable bonds is 7. The molecule has 30 heavy (non-hydrogen) atoms. The van der Waals surface area contributed by atoms with Gasteiger partial charge in [0.05, 0.1) is 5.69 Å². The molecule has 0 saturated heterocycles. The van der Waals surface area contributed by atoms with E-state index >= 15 is 0 Å². The second kappa shape index (κ2) is 9.17. The molecular formula is C21H25N7O2. The molecule has 0 fully saturated rings. The molecule has 156 valence electrons. The molecule has 0 atom stereocenters. The molecule has 0 aliphatic carbocycles. The fraction of sp³-hybridized carbons (Fsp3) is 0.286. The minimum atomic E-state index is -0.512. The first-order valence-corrected chi connectivity index (χ1v) is 9.57. The first-order valence-electron chi connectivity index (χ1n) is 9.57. The van der Waals surface area contributed by atoms with Crippen LogP contribution >= 0.6 is 0 Å². The number of hydrogen-bond donors (Lipinski definition) is 2. The summed E-state index contributed by atoms with van der Waals surface area (Å²) in [5, 5.41) is 7.46. The number of aryl methyl sites for hydroxylation is 3. The van der Waals surface area contributed by atoms with Crippen molar-refractivity contribution >= 4 is 29.6 Å². The third kappa shape index (κ3) is 4.99. The van der Waals surface area contributed by atoms with Crippen molar-refractivity contribution in [3.05, 3.63) is 58.7 Å². The molecule has 3 rings (SSSR count). The fourth-order valence-electron chi connectivity index (χ4n) is 3.00. The van der Waals surface area contributed by atoms with Crippen LogP contribution in [0.4, 0.5) is 17.6 Å². The summed E-state index contributed by atoms with van der Waals surface area (Å²) in [4.78, 5) is 24.6. The number of carbonyl (C=O) groups excluding carboxylic acids is 1. The molecule has 9 nitrogen and oxygen atoms in total. The van der Waals surface area contributed by atoms with Crippen LogP contribution in [0.2, 0.25) is 0 Å². The number of nitrogen functional groups attached to an aromatic ring is 1. The van der Waals surface area contributed by atoms with E-state index in [1.807, 2.05) is 45.2 Å². The lowest BCUT2D eigenvalue weighted by Gasteiger charge is -2.10. The smallest absolute Gasteiger partial charge is 0.331 e. The highest BCUT2D eigenvalue weighted by molar-refractivity contribution is 5.87. The Kier molecular flexibility index (Phi) is 6.41. The molecule has 0 bridgehead atoms. The number of para-hydroxylation sites is 1. The largest absolute Gasteiger partial charge is 0.454 e. The molecular weight excluding hydrogens is 382 g/mol. The molecule has 0 aliphatic heterocycles. The zero-order valence-electron chi connectivity index (χ0n) is 17.5. The number of nitrogens with zero attached hydrogens (tertiary/aromatic N) is 5. The van der Waals surface area contributed by atoms with Gasteiger partial charge in [-0.3, -0.25) is 4.68 Å². The van der Waals surface area contributed by atoms with E-state index in [1.54, 1.807) is 10.8 Å². The van der Waals surface area contributed by atoms with E-state index in [1.165, 1.54) is 6.08 Å². The second-order valence-corrected chi connectivity index (χ2v) is 6.72. The number of anilines is 3. The van der Waals surface area contributed by atoms with Crippen molar-refractivity contribution in [3.8, 4) is 0 Å². The molecule has 0 saturated carbocycles. The second-order valence-electron chi connectivity index (χ2n) is 6.72. The Morgan fingerprint density at radius 2 is 2.00 bits per heavy atom. The Morgan fingerprint density at radius 3 is 2.70 bits per heavy atom. The van der Waals surface area contributed by atoms with Crippen molar-refractivity contribution in [2.45, 2.75) is 33.8 Å². The monoisotopic (exact) mass is 407 g/mol. The predicted octanol–water partition coefficient (Wildman–Crippen LogP) is 2.87. The standard InChI is InChI=1S/C21H25N7O2/c1-5-15-8-6-7-9-17(15)23-21-25-18(24-20(22)26-21)12-30-19(29)11-10-16-13(2)27-28(4)14(16)3/h6-11H,5,12H2,1-4H3,(H3,22,23,24,25,26)/b11-10+. The summed E-state index contributed by atoms with van der Waals surface area (Å²) in [5.74, 6) is 0.0909. The lowest BCUT2D eigenvalue weighted by molar-refractivity contribution is -0.139. The Bertz CT molecular complexity index is 1090. The Morgan fingerprint density at radius 1 is 1.23 bits per heavy atom. The Balaban J connectivity index is 1.67. The van der Waals surface area contributed by atoms with E-state index in [2.05, 4.69) is 32.3 Å². The first-order chi connectivity index (χ1) is 14.4. The van der Waals surface area contributed by atoms with Gasteiger partial charge in [0.2, 0.25) is 11.9 Å². The van der Waals surface area contributed by atoms with Crippen molar-refractivity contribution in [3.63, 3.8) is 0 Å². The van der Waals surface area contributed by atoms with Crippen LogP contribution in [-0.2, 0) is 29.6 Å². The summed E-state index contributed by atoms with van der Waals surface area (Å²) in [6, 6.07) is 7.85. The number of nitrogens with two attached hydrogens (primary N) is 1. The Labute approximate surface area is 175 Å². The van der Waals surface area contributed by atoms with E-state index in [0.29, 0.717) is 5.95 Å². The highest BCUT2D eigenvalue weighted by Crippen LogP contribution is 2.19. The third-order valence-corrected chi connectivity index (χ3v) is 4.64. The molecule has 0 radical (unpaired) electrons. The molecule has 0 aliphatic rings. The molecule has 2 heterocycles. The molecule has 0 unspecified atom stereocenters. The number of carbonyl (C=O) groups is 1. The SMILES string of the molecule is CCc1ccccc1Nc1nc(N)nc(COC(=O)/C=C/c2c(C)nn(C)c2C)n1. The summed E-state index contributed by atoms with van der Waals surface area (Å²) in [5.41, 5.74) is 10.5. The molecule has 2 aromatic heterocycles. The van der Waals surface area contributed by atoms with Gasteiger partial charge in [0.1, 0.15) is 0 Å². The Hall–Kier alpha value is -3.75. The fourth-order valence-corrected chi connectivity index (χ4v) is 3.00. The lowest BCUT2D eigenvalue weighted by Crippen LogP contribution is -2.10. The van der Waals surface area contributed by atoms with Gasteiger partial charge in [-0.15, -0.1) is 0 Å². The van der Waals surface area contributed by atoms with Crippen LogP contribution in [0.1, 0.15) is 35.3 Å². The van der Waals surface area contributed by atoms with Crippen molar-refractivity contribution in [1.29, 1.82) is 0 Å². The summed E-state index contributed by atoms with van der Waals surface area (Å²) in [6.07, 6.45) is 3.91. The zero-order valence-corrected chi connectivity index (χ0v) is 17.5. The molecule has 0 amide bonds. The first kappa shape index (κ1) is 21.0. The van der Waals surface area contributed by atoms with Gasteiger partial charge in [-0.2, -0.15) is 20.1 Å². The lowest BCUT2D eigenvalue weighted by atomic mass is 10.1. The van der Waals surface area contributed by atoms with E-state index in [4.69, 9.17) is 10.5 Å². The average molecular weight is 407 g/mol. The molecule has 3 N–H and O–H groups in total. The highest BCUT2D eigenvalue weighted by atomic mass is 16.5. The maximum Gasteiger partial charge on any atom is 0.331 e. The van der Waals surface area contributed by atoms with Gasteiger partial charge in [0.15, 0.2) is 12.4 Å². The maximum absolute atomic E-state index is 12.1. The summed E-state index contributed by atoms with van der Waals surface area (Å²) in [7, 11) is 1.85. The van der Waals surface area contributed by atoms with Gasteiger partial charge >= 0.3 is 5.97 Å². The third-order valence-electron chi connectivity index (χ3n) is 4.64. The van der Waals surface area contributed by atoms with Gasteiger partial charge in [-0.05, 0) is 38.0 Å². The van der Waals surface area contributed by atoms with Crippen molar-refractivity contribution in [2.75, 3.05) is 11.1 Å². The van der Waals surface area contributed by atoms with Crippen LogP contribution in [0, 0.1) is 13.8 Å². The highest BCUT2D eigenvalue weighted by Gasteiger charge is 2.10. The quantitative estimate of drug-likeness (QED) is 0.453. The normalized spacial score (nSPS) is 11.1. The predicted molar refractivity (Wildman–Crippen MR) is 115 cm³/mol. The number of ether oxygens (including phenoxy) is 1. The summed E-state index contributed by atoms with van der Waals surface area (Å²) < 4.78 is 7.02. The molecule has 9 heteroatoms. The average Bonchev–Trinajstić information content (AvgIpc) is 2.96.